The van der Waals surface area contributed by atoms with Crippen LogP contribution >= 0.6 is 0 Å². The van der Waals surface area contributed by atoms with Gasteiger partial charge in [-0.2, -0.15) is 0 Å². The molecule has 1 aromatic carbocycles. The normalized spacial score (nSPS) is 11.4. The Morgan fingerprint density at radius 3 is 2.43 bits per heavy atom. The molecule has 0 fully saturated rings. The summed E-state index contributed by atoms with van der Waals surface area (Å²) in [6.45, 7) is 0. The van der Waals surface area contributed by atoms with Crippen molar-refractivity contribution in [3.63, 3.8) is 0 Å². The van der Waals surface area contributed by atoms with E-state index in [2.05, 4.69) is 0 Å². The maximum Gasteiger partial charge on any atom is 0.371 e. The number of aliphatic carboxylic acids is 1. The van der Waals surface area contributed by atoms with E-state index in [0.717, 1.165) is 5.56 Å². The van der Waals surface area contributed by atoms with Gasteiger partial charge in [0.05, 0.1) is 6.26 Å². The smallest absolute Gasteiger partial charge is 0.371 e. The van der Waals surface area contributed by atoms with Gasteiger partial charge in [-0.1, -0.05) is 12.1 Å². The lowest BCUT2D eigenvalue weighted by Crippen LogP contribution is -2.03. The van der Waals surface area contributed by atoms with E-state index in [9.17, 15) is 14.0 Å². The predicted octanol–water partition coefficient (Wildman–Crippen LogP) is 2.72. The number of carboxylic acids is 1. The van der Waals surface area contributed by atoms with Crippen molar-refractivity contribution in [3.05, 3.63) is 71.1 Å². The molecule has 0 aliphatic heterocycles. The molecule has 2 aromatic rings. The van der Waals surface area contributed by atoms with Crippen molar-refractivity contribution in [3.8, 4) is 0 Å². The number of rotatable bonds is 5. The van der Waals surface area contributed by atoms with Gasteiger partial charge < -0.3 is 14.6 Å². The zero-order chi connectivity index (χ0) is 15.4. The number of aliphatic hydroxyl groups excluding tert-OH is 1. The number of ketones is 1. The molecule has 0 amide bonds. The van der Waals surface area contributed by atoms with Gasteiger partial charge in [0.1, 0.15) is 5.82 Å². The van der Waals surface area contributed by atoms with Gasteiger partial charge in [0.2, 0.25) is 11.5 Å². The summed E-state index contributed by atoms with van der Waals surface area (Å²) in [7, 11) is 0. The van der Waals surface area contributed by atoms with Crippen molar-refractivity contribution >= 4 is 11.8 Å². The quantitative estimate of drug-likeness (QED) is 0.502. The minimum Gasteiger partial charge on any atom is -0.502 e. The Labute approximate surface area is 118 Å². The highest BCUT2D eigenvalue weighted by atomic mass is 19.1. The molecule has 0 saturated carbocycles. The summed E-state index contributed by atoms with van der Waals surface area (Å²) < 4.78 is 17.8. The molecule has 1 heterocycles. The van der Waals surface area contributed by atoms with Gasteiger partial charge in [-0.15, -0.1) is 0 Å². The molecule has 0 radical (unpaired) electrons. The fourth-order valence-corrected chi connectivity index (χ4v) is 1.69. The van der Waals surface area contributed by atoms with E-state index in [4.69, 9.17) is 14.6 Å². The summed E-state index contributed by atoms with van der Waals surface area (Å²) in [4.78, 5) is 22.0. The largest absolute Gasteiger partial charge is 0.502 e. The van der Waals surface area contributed by atoms with Crippen LogP contribution in [0.1, 0.15) is 21.7 Å². The average Bonchev–Trinajstić information content (AvgIpc) is 2.90. The second-order valence-electron chi connectivity index (χ2n) is 4.32. The minimum atomic E-state index is -1.60. The Morgan fingerprint density at radius 2 is 1.81 bits per heavy atom. The molecule has 2 N–H and O–H groups in total. The second-order valence-corrected chi connectivity index (χ2v) is 4.32. The lowest BCUT2D eigenvalue weighted by atomic mass is 10.1. The van der Waals surface area contributed by atoms with Crippen molar-refractivity contribution in [1.29, 1.82) is 0 Å². The standard InChI is InChI=1S/C15H11FO5/c16-11-3-1-9(2-4-11)5-10-6-14(21-8-10)12(17)7-13(18)15(19)20/h1-4,6-8,18H,5H2,(H,19,20). The summed E-state index contributed by atoms with van der Waals surface area (Å²) in [5.74, 6) is -3.82. The van der Waals surface area contributed by atoms with Crippen molar-refractivity contribution < 1.29 is 28.6 Å². The van der Waals surface area contributed by atoms with Gasteiger partial charge in [-0.25, -0.2) is 9.18 Å². The number of hydrogen-bond donors (Lipinski definition) is 2. The number of benzene rings is 1. The number of aliphatic hydroxyl groups is 1. The third-order valence-corrected chi connectivity index (χ3v) is 2.71. The summed E-state index contributed by atoms with van der Waals surface area (Å²) in [6, 6.07) is 7.32. The van der Waals surface area contributed by atoms with Crippen LogP contribution in [0.2, 0.25) is 0 Å². The number of carbonyl (C=O) groups excluding carboxylic acids is 1. The molecule has 108 valence electrons. The van der Waals surface area contributed by atoms with Gasteiger partial charge >= 0.3 is 5.97 Å². The number of carboxylic acid groups (broad SMARTS) is 1. The van der Waals surface area contributed by atoms with Gasteiger partial charge in [0.15, 0.2) is 5.76 Å². The monoisotopic (exact) mass is 290 g/mol. The van der Waals surface area contributed by atoms with Gasteiger partial charge in [0.25, 0.3) is 0 Å². The molecule has 0 unspecified atom stereocenters. The summed E-state index contributed by atoms with van der Waals surface area (Å²) in [6.07, 6.45) is 2.36. The van der Waals surface area contributed by atoms with Crippen LogP contribution in [0.15, 0.2) is 52.8 Å². The summed E-state index contributed by atoms with van der Waals surface area (Å²) in [5, 5.41) is 17.5. The van der Waals surface area contributed by atoms with Crippen LogP contribution in [-0.2, 0) is 11.2 Å². The molecule has 0 aliphatic carbocycles. The number of hydrogen-bond acceptors (Lipinski definition) is 4. The predicted molar refractivity (Wildman–Crippen MR) is 70.6 cm³/mol. The van der Waals surface area contributed by atoms with Gasteiger partial charge in [0, 0.05) is 12.5 Å². The van der Waals surface area contributed by atoms with E-state index in [1.54, 1.807) is 12.1 Å². The molecule has 2 rings (SSSR count). The van der Waals surface area contributed by atoms with Crippen LogP contribution in [0, 0.1) is 5.82 Å². The first-order valence-corrected chi connectivity index (χ1v) is 5.96. The lowest BCUT2D eigenvalue weighted by molar-refractivity contribution is -0.135. The molecule has 0 aliphatic rings. The Hall–Kier alpha value is -2.89. The average molecular weight is 290 g/mol. The Balaban J connectivity index is 2.11. The molecule has 6 heteroatoms. The van der Waals surface area contributed by atoms with Gasteiger partial charge in [-0.3, -0.25) is 4.79 Å². The zero-order valence-corrected chi connectivity index (χ0v) is 10.7. The van der Waals surface area contributed by atoms with Crippen LogP contribution in [0.3, 0.4) is 0 Å². The Kier molecular flexibility index (Phi) is 4.18. The molecular weight excluding hydrogens is 279 g/mol. The third kappa shape index (κ3) is 3.79. The van der Waals surface area contributed by atoms with Crippen LogP contribution in [0.25, 0.3) is 0 Å². The van der Waals surface area contributed by atoms with E-state index in [1.807, 2.05) is 0 Å². The SMILES string of the molecule is O=C(O)C(O)=CC(=O)c1cc(Cc2ccc(F)cc2)co1. The van der Waals surface area contributed by atoms with Crippen molar-refractivity contribution in [2.24, 2.45) is 0 Å². The highest BCUT2D eigenvalue weighted by Gasteiger charge is 2.13. The Morgan fingerprint density at radius 1 is 1.14 bits per heavy atom. The zero-order valence-electron chi connectivity index (χ0n) is 10.7. The highest BCUT2D eigenvalue weighted by Crippen LogP contribution is 2.15. The number of allylic oxidation sites excluding steroid dienone is 1. The molecule has 0 bridgehead atoms. The molecule has 0 spiro atoms. The van der Waals surface area contributed by atoms with Crippen LogP contribution in [0.5, 0.6) is 0 Å². The first-order chi connectivity index (χ1) is 9.95. The molecule has 21 heavy (non-hydrogen) atoms. The first kappa shape index (κ1) is 14.5. The van der Waals surface area contributed by atoms with Crippen molar-refractivity contribution in [2.45, 2.75) is 6.42 Å². The van der Waals surface area contributed by atoms with E-state index in [0.29, 0.717) is 18.1 Å². The Bertz CT molecular complexity index is 697. The fourth-order valence-electron chi connectivity index (χ4n) is 1.69. The molecule has 0 saturated heterocycles. The summed E-state index contributed by atoms with van der Waals surface area (Å²) in [5.41, 5.74) is 1.51. The number of furan rings is 1. The minimum absolute atomic E-state index is 0.0834. The molecular formula is C15H11FO5. The topological polar surface area (TPSA) is 87.7 Å². The van der Waals surface area contributed by atoms with Crippen LogP contribution in [-0.4, -0.2) is 22.0 Å². The number of carbonyl (C=O) groups is 2. The van der Waals surface area contributed by atoms with E-state index < -0.39 is 17.5 Å². The maximum absolute atomic E-state index is 12.8. The molecule has 5 nitrogen and oxygen atoms in total. The second kappa shape index (κ2) is 6.04. The van der Waals surface area contributed by atoms with E-state index >= 15 is 0 Å². The van der Waals surface area contributed by atoms with Crippen molar-refractivity contribution in [2.75, 3.05) is 0 Å². The first-order valence-electron chi connectivity index (χ1n) is 5.96. The van der Waals surface area contributed by atoms with E-state index in [-0.39, 0.29) is 11.6 Å². The fraction of sp³-hybridized carbons (Fsp3) is 0.0667. The van der Waals surface area contributed by atoms with E-state index in [1.165, 1.54) is 24.5 Å². The van der Waals surface area contributed by atoms with Crippen LogP contribution in [0.4, 0.5) is 4.39 Å². The highest BCUT2D eigenvalue weighted by molar-refractivity contribution is 6.06. The van der Waals surface area contributed by atoms with Crippen molar-refractivity contribution in [1.82, 2.24) is 0 Å². The van der Waals surface area contributed by atoms with Gasteiger partial charge in [-0.05, 0) is 29.3 Å². The summed E-state index contributed by atoms with van der Waals surface area (Å²) >= 11 is 0. The maximum atomic E-state index is 12.8. The molecule has 0 atom stereocenters. The lowest BCUT2D eigenvalue weighted by Gasteiger charge is -1.97. The molecule has 1 aromatic heterocycles. The number of halogens is 1. The third-order valence-electron chi connectivity index (χ3n) is 2.71. The van der Waals surface area contributed by atoms with Crippen LogP contribution < -0.4 is 0 Å².